The van der Waals surface area contributed by atoms with E-state index < -0.39 is 0 Å². The largest absolute Gasteiger partial charge is 0.393 e. The monoisotopic (exact) mass is 316 g/mol. The molecule has 3 rings (SSSR count). The smallest absolute Gasteiger partial charge is 0.123 e. The van der Waals surface area contributed by atoms with Gasteiger partial charge in [-0.1, -0.05) is 30.3 Å². The van der Waals surface area contributed by atoms with Gasteiger partial charge in [-0.15, -0.1) is 11.3 Å². The number of hydrogen-bond donors (Lipinski definition) is 1. The summed E-state index contributed by atoms with van der Waals surface area (Å²) in [6.45, 7) is 6.10. The molecule has 1 saturated heterocycles. The lowest BCUT2D eigenvalue weighted by molar-refractivity contribution is 0.131. The Balaban J connectivity index is 1.74. The third-order valence-electron chi connectivity index (χ3n) is 4.37. The number of hydrogen-bond acceptors (Lipinski definition) is 4. The number of likely N-dealkylation sites (tertiary alicyclic amines) is 1. The van der Waals surface area contributed by atoms with E-state index in [4.69, 9.17) is 4.98 Å². The quantitative estimate of drug-likeness (QED) is 0.910. The third kappa shape index (κ3) is 3.57. The van der Waals surface area contributed by atoms with Gasteiger partial charge < -0.3 is 5.11 Å². The Morgan fingerprint density at radius 1 is 1.36 bits per heavy atom. The molecule has 3 nitrogen and oxygen atoms in total. The Morgan fingerprint density at radius 2 is 2.14 bits per heavy atom. The Hall–Kier alpha value is -1.23. The molecule has 4 heteroatoms. The molecule has 1 aromatic heterocycles. The van der Waals surface area contributed by atoms with Gasteiger partial charge in [0.15, 0.2) is 0 Å². The van der Waals surface area contributed by atoms with E-state index in [0.29, 0.717) is 6.04 Å². The van der Waals surface area contributed by atoms with Crippen LogP contribution in [0.3, 0.4) is 0 Å². The first-order chi connectivity index (χ1) is 10.6. The van der Waals surface area contributed by atoms with Gasteiger partial charge in [-0.3, -0.25) is 4.90 Å². The Bertz CT molecular complexity index is 609. The number of aliphatic hydroxyl groups is 1. The van der Waals surface area contributed by atoms with Gasteiger partial charge in [0.25, 0.3) is 0 Å². The van der Waals surface area contributed by atoms with Crippen LogP contribution in [-0.4, -0.2) is 33.7 Å². The molecule has 0 spiro atoms. The molecule has 0 amide bonds. The van der Waals surface area contributed by atoms with E-state index >= 15 is 0 Å². The van der Waals surface area contributed by atoms with E-state index in [1.54, 1.807) is 11.3 Å². The van der Waals surface area contributed by atoms with Crippen molar-refractivity contribution in [1.29, 1.82) is 0 Å². The molecular weight excluding hydrogens is 292 g/mol. The van der Waals surface area contributed by atoms with Crippen molar-refractivity contribution < 1.29 is 5.11 Å². The van der Waals surface area contributed by atoms with Gasteiger partial charge in [-0.2, -0.15) is 0 Å². The number of nitrogens with zero attached hydrogens (tertiary/aromatic N) is 2. The van der Waals surface area contributed by atoms with Crippen molar-refractivity contribution in [2.45, 2.75) is 51.8 Å². The van der Waals surface area contributed by atoms with Crippen LogP contribution in [0.4, 0.5) is 0 Å². The van der Waals surface area contributed by atoms with E-state index in [0.717, 1.165) is 30.2 Å². The van der Waals surface area contributed by atoms with Crippen molar-refractivity contribution in [2.24, 2.45) is 0 Å². The fraction of sp³-hybridized carbons (Fsp3) is 0.500. The second-order valence-corrected chi connectivity index (χ2v) is 7.33. The summed E-state index contributed by atoms with van der Waals surface area (Å²) in [6, 6.07) is 10.9. The van der Waals surface area contributed by atoms with Gasteiger partial charge in [-0.25, -0.2) is 4.98 Å². The molecular formula is C18H24N2OS. The summed E-state index contributed by atoms with van der Waals surface area (Å²) in [6.07, 6.45) is 3.10. The van der Waals surface area contributed by atoms with Crippen molar-refractivity contribution >= 4 is 11.3 Å². The van der Waals surface area contributed by atoms with Crippen LogP contribution in [0, 0.1) is 6.92 Å². The summed E-state index contributed by atoms with van der Waals surface area (Å²) in [5.41, 5.74) is 2.34. The van der Waals surface area contributed by atoms with Gasteiger partial charge in [0.2, 0.25) is 0 Å². The number of aliphatic hydroxyl groups excluding tert-OH is 1. The molecule has 0 bridgehead atoms. The molecule has 0 radical (unpaired) electrons. The highest BCUT2D eigenvalue weighted by atomic mass is 32.1. The minimum Gasteiger partial charge on any atom is -0.393 e. The van der Waals surface area contributed by atoms with Crippen LogP contribution in [0.25, 0.3) is 10.6 Å². The zero-order chi connectivity index (χ0) is 15.5. The highest BCUT2D eigenvalue weighted by Gasteiger charge is 2.26. The van der Waals surface area contributed by atoms with E-state index in [9.17, 15) is 5.11 Å². The number of rotatable bonds is 5. The van der Waals surface area contributed by atoms with Crippen LogP contribution in [0.5, 0.6) is 0 Å². The number of aryl methyl sites for hydroxylation is 1. The van der Waals surface area contributed by atoms with E-state index in [-0.39, 0.29) is 6.10 Å². The first-order valence-electron chi connectivity index (χ1n) is 8.07. The summed E-state index contributed by atoms with van der Waals surface area (Å²) in [5.74, 6) is 0. The van der Waals surface area contributed by atoms with Crippen molar-refractivity contribution in [1.82, 2.24) is 9.88 Å². The molecule has 22 heavy (non-hydrogen) atoms. The molecule has 1 aliphatic heterocycles. The van der Waals surface area contributed by atoms with Gasteiger partial charge in [0.05, 0.1) is 11.8 Å². The molecule has 2 aromatic rings. The maximum Gasteiger partial charge on any atom is 0.123 e. The zero-order valence-corrected chi connectivity index (χ0v) is 14.1. The average molecular weight is 316 g/mol. The van der Waals surface area contributed by atoms with Crippen LogP contribution < -0.4 is 0 Å². The topological polar surface area (TPSA) is 36.4 Å². The summed E-state index contributed by atoms with van der Waals surface area (Å²) in [7, 11) is 0. The van der Waals surface area contributed by atoms with Gasteiger partial charge >= 0.3 is 0 Å². The van der Waals surface area contributed by atoms with Crippen molar-refractivity contribution in [3.8, 4) is 10.6 Å². The van der Waals surface area contributed by atoms with Gasteiger partial charge in [0.1, 0.15) is 5.01 Å². The molecule has 2 heterocycles. The average Bonchev–Trinajstić information content (AvgIpc) is 3.08. The number of thiazole rings is 1. The summed E-state index contributed by atoms with van der Waals surface area (Å²) in [5, 5.41) is 10.8. The molecule has 2 atom stereocenters. The Morgan fingerprint density at radius 3 is 2.86 bits per heavy atom. The second-order valence-electron chi connectivity index (χ2n) is 6.24. The fourth-order valence-corrected chi connectivity index (χ4v) is 4.32. The molecule has 0 aliphatic carbocycles. The number of benzene rings is 1. The molecule has 0 saturated carbocycles. The summed E-state index contributed by atoms with van der Waals surface area (Å²) >= 11 is 1.81. The summed E-state index contributed by atoms with van der Waals surface area (Å²) < 4.78 is 0. The van der Waals surface area contributed by atoms with Crippen LogP contribution in [-0.2, 0) is 6.54 Å². The second kappa shape index (κ2) is 6.90. The zero-order valence-electron chi connectivity index (χ0n) is 13.3. The fourth-order valence-electron chi connectivity index (χ4n) is 3.23. The molecule has 2 unspecified atom stereocenters. The van der Waals surface area contributed by atoms with Crippen molar-refractivity contribution in [2.75, 3.05) is 6.54 Å². The van der Waals surface area contributed by atoms with Crippen LogP contribution in [0.15, 0.2) is 30.3 Å². The Labute approximate surface area is 136 Å². The maximum atomic E-state index is 9.67. The SMILES string of the molecule is Cc1nc(-c2ccccc2)sc1CN1CCCC1CC(C)O. The lowest BCUT2D eigenvalue weighted by atomic mass is 10.1. The van der Waals surface area contributed by atoms with Gasteiger partial charge in [0, 0.05) is 23.0 Å². The maximum absolute atomic E-state index is 9.67. The number of aromatic nitrogens is 1. The first-order valence-corrected chi connectivity index (χ1v) is 8.89. The molecule has 1 aromatic carbocycles. The first kappa shape index (κ1) is 15.7. The van der Waals surface area contributed by atoms with E-state index in [1.807, 2.05) is 13.0 Å². The molecule has 118 valence electrons. The third-order valence-corrected chi connectivity index (χ3v) is 5.56. The van der Waals surface area contributed by atoms with Crippen LogP contribution >= 0.6 is 11.3 Å². The molecule has 1 aliphatic rings. The Kier molecular flexibility index (Phi) is 4.91. The van der Waals surface area contributed by atoms with Crippen LogP contribution in [0.1, 0.15) is 36.8 Å². The van der Waals surface area contributed by atoms with Gasteiger partial charge in [-0.05, 0) is 39.7 Å². The highest BCUT2D eigenvalue weighted by molar-refractivity contribution is 7.15. The molecule has 1 N–H and O–H groups in total. The predicted molar refractivity (Wildman–Crippen MR) is 92.0 cm³/mol. The highest BCUT2D eigenvalue weighted by Crippen LogP contribution is 2.31. The lowest BCUT2D eigenvalue weighted by Crippen LogP contribution is -2.31. The lowest BCUT2D eigenvalue weighted by Gasteiger charge is -2.25. The predicted octanol–water partition coefficient (Wildman–Crippen LogP) is 3.85. The van der Waals surface area contributed by atoms with E-state index in [2.05, 4.69) is 36.1 Å². The normalized spacial score (nSPS) is 20.4. The minimum absolute atomic E-state index is 0.215. The van der Waals surface area contributed by atoms with Crippen LogP contribution in [0.2, 0.25) is 0 Å². The van der Waals surface area contributed by atoms with E-state index in [1.165, 1.54) is 23.3 Å². The van der Waals surface area contributed by atoms with Crippen molar-refractivity contribution in [3.05, 3.63) is 40.9 Å². The standard InChI is InChI=1S/C18H24N2OS/c1-13(21)11-16-9-6-10-20(16)12-17-14(2)19-18(22-17)15-7-4-3-5-8-15/h3-5,7-8,13,16,21H,6,9-12H2,1-2H3. The summed E-state index contributed by atoms with van der Waals surface area (Å²) in [4.78, 5) is 8.62. The molecule has 1 fully saturated rings. The van der Waals surface area contributed by atoms with Crippen molar-refractivity contribution in [3.63, 3.8) is 0 Å². The minimum atomic E-state index is -0.215.